The fourth-order valence-electron chi connectivity index (χ4n) is 3.76. The number of nitrogens with zero attached hydrogens (tertiary/aromatic N) is 1. The number of hydrogen-bond donors (Lipinski definition) is 4. The lowest BCUT2D eigenvalue weighted by Gasteiger charge is -2.27. The van der Waals surface area contributed by atoms with Crippen molar-refractivity contribution < 1.29 is 31.9 Å². The predicted molar refractivity (Wildman–Crippen MR) is 123 cm³/mol. The van der Waals surface area contributed by atoms with E-state index < -0.39 is 40.5 Å². The normalized spacial score (nSPS) is 17.3. The Morgan fingerprint density at radius 2 is 1.86 bits per heavy atom. The predicted octanol–water partition coefficient (Wildman–Crippen LogP) is 2.88. The number of aromatic amines is 1. The van der Waals surface area contributed by atoms with E-state index in [0.717, 1.165) is 24.4 Å². The second kappa shape index (κ2) is 10.4. The van der Waals surface area contributed by atoms with Crippen LogP contribution < -0.4 is 21.5 Å². The van der Waals surface area contributed by atoms with Crippen LogP contribution in [0.15, 0.2) is 59.5 Å². The molecule has 2 aromatic carbocycles. The second-order valence-corrected chi connectivity index (χ2v) is 8.37. The Bertz CT molecular complexity index is 1350. The van der Waals surface area contributed by atoms with Crippen molar-refractivity contribution in [3.63, 3.8) is 0 Å². The molecule has 9 nitrogen and oxygen atoms in total. The van der Waals surface area contributed by atoms with Crippen molar-refractivity contribution in [2.24, 2.45) is 0 Å². The van der Waals surface area contributed by atoms with Crippen LogP contribution in [0.25, 0.3) is 0 Å². The smallest absolute Gasteiger partial charge is 0.378 e. The molecule has 0 radical (unpaired) electrons. The summed E-state index contributed by atoms with van der Waals surface area (Å²) in [6.07, 6.45) is -3.36. The van der Waals surface area contributed by atoms with E-state index in [-0.39, 0.29) is 37.4 Å². The molecule has 1 aromatic heterocycles. The molecule has 2 amide bonds. The van der Waals surface area contributed by atoms with E-state index in [9.17, 15) is 31.9 Å². The van der Waals surface area contributed by atoms with Gasteiger partial charge in [-0.2, -0.15) is 18.3 Å². The molecule has 1 aliphatic heterocycles. The Kier molecular flexibility index (Phi) is 7.25. The van der Waals surface area contributed by atoms with Crippen LogP contribution in [-0.2, 0) is 22.3 Å². The van der Waals surface area contributed by atoms with Gasteiger partial charge in [-0.3, -0.25) is 14.4 Å². The number of amides is 2. The van der Waals surface area contributed by atoms with Gasteiger partial charge < -0.3 is 20.7 Å². The van der Waals surface area contributed by atoms with Crippen LogP contribution in [0.1, 0.15) is 27.9 Å². The maximum absolute atomic E-state index is 13.3. The molecule has 4 N–H and O–H groups in total. The minimum absolute atomic E-state index is 0.0132. The molecule has 1 aliphatic rings. The summed E-state index contributed by atoms with van der Waals surface area (Å²) >= 11 is 0. The van der Waals surface area contributed by atoms with Crippen LogP contribution in [0.3, 0.4) is 0 Å². The zero-order valence-electron chi connectivity index (χ0n) is 19.1. The van der Waals surface area contributed by atoms with E-state index in [0.29, 0.717) is 17.3 Å². The van der Waals surface area contributed by atoms with Crippen LogP contribution >= 0.6 is 0 Å². The Hall–Kier alpha value is -4.26. The zero-order chi connectivity index (χ0) is 26.6. The first kappa shape index (κ1) is 25.8. The number of alkyl halides is 3. The average Bonchev–Trinajstić information content (AvgIpc) is 3.33. The molecule has 37 heavy (non-hydrogen) atoms. The number of carbonyl (C=O) groups is 2. The summed E-state index contributed by atoms with van der Waals surface area (Å²) in [5.74, 6) is -2.16. The molecule has 1 atom stereocenters. The second-order valence-electron chi connectivity index (χ2n) is 8.37. The van der Waals surface area contributed by atoms with Gasteiger partial charge in [0.15, 0.2) is 0 Å². The van der Waals surface area contributed by atoms with Crippen LogP contribution in [-0.4, -0.2) is 40.8 Å². The van der Waals surface area contributed by atoms with Crippen molar-refractivity contribution in [1.82, 2.24) is 20.8 Å². The molecule has 1 saturated heterocycles. The third-order valence-corrected chi connectivity index (χ3v) is 5.71. The SMILES string of the molecule is O=C(NC1(C(=O)NCc2ccc(Nc3ccc(F)cc3C(F)(F)F)cc2)CCOC1)c1cn[nH]c(=O)c1. The summed E-state index contributed by atoms with van der Waals surface area (Å²) in [4.78, 5) is 37.0. The van der Waals surface area contributed by atoms with E-state index in [1.54, 1.807) is 12.1 Å². The lowest BCUT2D eigenvalue weighted by molar-refractivity contribution is -0.137. The summed E-state index contributed by atoms with van der Waals surface area (Å²) in [6, 6.07) is 9.63. The first-order valence-corrected chi connectivity index (χ1v) is 11.0. The highest BCUT2D eigenvalue weighted by Crippen LogP contribution is 2.36. The lowest BCUT2D eigenvalue weighted by Crippen LogP contribution is -2.59. The summed E-state index contributed by atoms with van der Waals surface area (Å²) in [5.41, 5.74) is -2.41. The highest BCUT2D eigenvalue weighted by atomic mass is 19.4. The zero-order valence-corrected chi connectivity index (χ0v) is 19.1. The van der Waals surface area contributed by atoms with Crippen LogP contribution in [0.4, 0.5) is 28.9 Å². The van der Waals surface area contributed by atoms with Gasteiger partial charge in [-0.1, -0.05) is 12.1 Å². The van der Waals surface area contributed by atoms with Crippen LogP contribution in [0, 0.1) is 5.82 Å². The highest BCUT2D eigenvalue weighted by molar-refractivity contribution is 5.99. The van der Waals surface area contributed by atoms with Crippen LogP contribution in [0.5, 0.6) is 0 Å². The number of benzene rings is 2. The molecule has 0 aliphatic carbocycles. The third-order valence-electron chi connectivity index (χ3n) is 5.71. The van der Waals surface area contributed by atoms with Gasteiger partial charge in [0.1, 0.15) is 11.4 Å². The molecule has 13 heteroatoms. The van der Waals surface area contributed by atoms with Gasteiger partial charge in [0, 0.05) is 31.3 Å². The lowest BCUT2D eigenvalue weighted by atomic mass is 9.96. The number of ether oxygens (including phenoxy) is 1. The van der Waals surface area contributed by atoms with Crippen molar-refractivity contribution in [2.45, 2.75) is 24.7 Å². The molecule has 4 rings (SSSR count). The van der Waals surface area contributed by atoms with Gasteiger partial charge in [0.05, 0.1) is 29.6 Å². The summed E-state index contributed by atoms with van der Waals surface area (Å²) in [7, 11) is 0. The minimum atomic E-state index is -4.74. The number of carbonyl (C=O) groups excluding carboxylic acids is 2. The van der Waals surface area contributed by atoms with Gasteiger partial charge in [-0.25, -0.2) is 9.49 Å². The number of hydrogen-bond acceptors (Lipinski definition) is 6. The van der Waals surface area contributed by atoms with E-state index in [2.05, 4.69) is 26.1 Å². The van der Waals surface area contributed by atoms with Crippen molar-refractivity contribution >= 4 is 23.2 Å². The quantitative estimate of drug-likeness (QED) is 0.356. The summed E-state index contributed by atoms with van der Waals surface area (Å²) in [6.45, 7) is 0.238. The number of aromatic nitrogens is 2. The fraction of sp³-hybridized carbons (Fsp3) is 0.250. The standard InChI is InChI=1S/C24H21F4N5O4/c25-16-3-6-19(18(10-16)24(26,27)28)31-17-4-1-14(2-5-17)11-29-22(36)23(7-8-37-13-23)32-21(35)15-9-20(34)33-30-12-15/h1-6,9-10,12,31H,7-8,11,13H2,(H,29,36)(H,32,35)(H,33,34). The molecule has 2 heterocycles. The number of halogens is 4. The Labute approximate surface area is 207 Å². The van der Waals surface area contributed by atoms with Gasteiger partial charge in [-0.05, 0) is 35.9 Å². The molecule has 194 valence electrons. The molecule has 0 saturated carbocycles. The van der Waals surface area contributed by atoms with E-state index in [4.69, 9.17) is 4.74 Å². The number of rotatable bonds is 7. The largest absolute Gasteiger partial charge is 0.418 e. The molecule has 0 spiro atoms. The fourth-order valence-corrected chi connectivity index (χ4v) is 3.76. The molecule has 3 aromatic rings. The van der Waals surface area contributed by atoms with Gasteiger partial charge in [-0.15, -0.1) is 0 Å². The molecular formula is C24H21F4N5O4. The molecular weight excluding hydrogens is 498 g/mol. The Balaban J connectivity index is 1.40. The van der Waals surface area contributed by atoms with E-state index in [1.165, 1.54) is 12.1 Å². The van der Waals surface area contributed by atoms with Crippen molar-refractivity contribution in [2.75, 3.05) is 18.5 Å². The molecule has 0 bridgehead atoms. The van der Waals surface area contributed by atoms with Crippen molar-refractivity contribution in [1.29, 1.82) is 0 Å². The number of nitrogens with one attached hydrogen (secondary N) is 4. The topological polar surface area (TPSA) is 125 Å². The molecule has 1 fully saturated rings. The van der Waals surface area contributed by atoms with Gasteiger partial charge in [0.25, 0.3) is 11.5 Å². The number of H-pyrrole nitrogens is 1. The minimum Gasteiger partial charge on any atom is -0.378 e. The molecule has 1 unspecified atom stereocenters. The van der Waals surface area contributed by atoms with Crippen molar-refractivity contribution in [3.05, 3.63) is 87.6 Å². The Morgan fingerprint density at radius 1 is 1.11 bits per heavy atom. The monoisotopic (exact) mass is 519 g/mol. The average molecular weight is 519 g/mol. The first-order chi connectivity index (χ1) is 17.6. The van der Waals surface area contributed by atoms with Gasteiger partial charge in [0.2, 0.25) is 5.91 Å². The first-order valence-electron chi connectivity index (χ1n) is 11.0. The summed E-state index contributed by atoms with van der Waals surface area (Å²) in [5, 5.41) is 13.7. The third kappa shape index (κ3) is 6.12. The Morgan fingerprint density at radius 3 is 2.51 bits per heavy atom. The number of anilines is 2. The van der Waals surface area contributed by atoms with E-state index in [1.807, 2.05) is 0 Å². The summed E-state index contributed by atoms with van der Waals surface area (Å²) < 4.78 is 58.3. The van der Waals surface area contributed by atoms with Crippen LogP contribution in [0.2, 0.25) is 0 Å². The van der Waals surface area contributed by atoms with Crippen molar-refractivity contribution in [3.8, 4) is 0 Å². The van der Waals surface area contributed by atoms with Gasteiger partial charge >= 0.3 is 6.18 Å². The van der Waals surface area contributed by atoms with E-state index >= 15 is 0 Å². The maximum Gasteiger partial charge on any atom is 0.418 e. The maximum atomic E-state index is 13.3. The highest BCUT2D eigenvalue weighted by Gasteiger charge is 2.43.